The van der Waals surface area contributed by atoms with Gasteiger partial charge >= 0.3 is 0 Å². The molecule has 2 aromatic heterocycles. The quantitative estimate of drug-likeness (QED) is 0.737. The van der Waals surface area contributed by atoms with Crippen LogP contribution in [0.25, 0.3) is 11.4 Å². The van der Waals surface area contributed by atoms with Crippen molar-refractivity contribution in [3.05, 3.63) is 47.3 Å². The Hall–Kier alpha value is -3.05. The highest BCUT2D eigenvalue weighted by Crippen LogP contribution is 2.22. The summed E-state index contributed by atoms with van der Waals surface area (Å²) in [5.41, 5.74) is 1.00. The number of aromatic nitrogens is 2. The van der Waals surface area contributed by atoms with Crippen LogP contribution in [0.1, 0.15) is 21.5 Å². The van der Waals surface area contributed by atoms with Crippen molar-refractivity contribution in [1.29, 1.82) is 10.5 Å². The SMILES string of the molecule is N#Cc1c(C=O)cnc(-c2ccccn2)c1C#N. The molecule has 0 aliphatic rings. The van der Waals surface area contributed by atoms with Crippen LogP contribution in [0, 0.1) is 22.7 Å². The maximum absolute atomic E-state index is 10.8. The van der Waals surface area contributed by atoms with E-state index in [9.17, 15) is 4.79 Å². The van der Waals surface area contributed by atoms with Crippen molar-refractivity contribution in [3.8, 4) is 23.5 Å². The van der Waals surface area contributed by atoms with E-state index in [2.05, 4.69) is 9.97 Å². The van der Waals surface area contributed by atoms with E-state index in [1.807, 2.05) is 12.1 Å². The number of carbonyl (C=O) groups is 1. The molecule has 0 saturated carbocycles. The predicted molar refractivity (Wildman–Crippen MR) is 62.3 cm³/mol. The Morgan fingerprint density at radius 2 is 1.89 bits per heavy atom. The summed E-state index contributed by atoms with van der Waals surface area (Å²) in [5.74, 6) is 0. The molecule has 0 fully saturated rings. The summed E-state index contributed by atoms with van der Waals surface area (Å²) in [6.45, 7) is 0. The summed E-state index contributed by atoms with van der Waals surface area (Å²) in [6.07, 6.45) is 3.35. The summed E-state index contributed by atoms with van der Waals surface area (Å²) < 4.78 is 0. The van der Waals surface area contributed by atoms with Gasteiger partial charge in [0.05, 0.1) is 22.4 Å². The molecule has 0 amide bonds. The molecule has 2 heterocycles. The lowest BCUT2D eigenvalue weighted by Gasteiger charge is -2.05. The second kappa shape index (κ2) is 4.86. The minimum absolute atomic E-state index is 0.0307. The molecular weight excluding hydrogens is 228 g/mol. The lowest BCUT2D eigenvalue weighted by Crippen LogP contribution is -1.99. The normalized spacial score (nSPS) is 9.22. The second-order valence-electron chi connectivity index (χ2n) is 3.37. The molecule has 0 radical (unpaired) electrons. The third-order valence-corrected chi connectivity index (χ3v) is 2.37. The highest BCUT2D eigenvalue weighted by Gasteiger charge is 2.16. The monoisotopic (exact) mass is 234 g/mol. The van der Waals surface area contributed by atoms with Gasteiger partial charge in [0.1, 0.15) is 17.8 Å². The first-order valence-corrected chi connectivity index (χ1v) is 5.01. The first kappa shape index (κ1) is 11.4. The summed E-state index contributed by atoms with van der Waals surface area (Å²) in [5, 5.41) is 18.2. The molecule has 2 rings (SSSR count). The predicted octanol–water partition coefficient (Wildman–Crippen LogP) is 1.70. The summed E-state index contributed by atoms with van der Waals surface area (Å²) >= 11 is 0. The molecule has 0 N–H and O–H groups in total. The summed E-state index contributed by atoms with van der Waals surface area (Å²) in [7, 11) is 0. The Morgan fingerprint density at radius 3 is 2.44 bits per heavy atom. The van der Waals surface area contributed by atoms with Gasteiger partial charge in [-0.25, -0.2) is 0 Å². The Morgan fingerprint density at radius 1 is 1.11 bits per heavy atom. The van der Waals surface area contributed by atoms with E-state index in [0.29, 0.717) is 17.7 Å². The van der Waals surface area contributed by atoms with Crippen LogP contribution < -0.4 is 0 Å². The van der Waals surface area contributed by atoms with Crippen LogP contribution in [0.3, 0.4) is 0 Å². The Kier molecular flexibility index (Phi) is 3.08. The van der Waals surface area contributed by atoms with E-state index in [-0.39, 0.29) is 16.7 Å². The van der Waals surface area contributed by atoms with Gasteiger partial charge in [0.25, 0.3) is 0 Å². The topological polar surface area (TPSA) is 90.4 Å². The molecular formula is C13H6N4O. The van der Waals surface area contributed by atoms with Crippen LogP contribution in [0.2, 0.25) is 0 Å². The number of carbonyl (C=O) groups excluding carboxylic acids is 1. The number of nitriles is 2. The lowest BCUT2D eigenvalue weighted by molar-refractivity contribution is 0.112. The third kappa shape index (κ3) is 1.81. The number of nitrogens with zero attached hydrogens (tertiary/aromatic N) is 4. The van der Waals surface area contributed by atoms with E-state index in [1.54, 1.807) is 24.4 Å². The van der Waals surface area contributed by atoms with Crippen LogP contribution in [0.5, 0.6) is 0 Å². The average Bonchev–Trinajstić information content (AvgIpc) is 2.46. The highest BCUT2D eigenvalue weighted by atomic mass is 16.1. The number of rotatable bonds is 2. The average molecular weight is 234 g/mol. The van der Waals surface area contributed by atoms with Gasteiger partial charge < -0.3 is 0 Å². The van der Waals surface area contributed by atoms with E-state index in [1.165, 1.54) is 6.20 Å². The van der Waals surface area contributed by atoms with Gasteiger partial charge in [-0.2, -0.15) is 10.5 Å². The highest BCUT2D eigenvalue weighted by molar-refractivity contribution is 5.83. The number of pyridine rings is 2. The minimum Gasteiger partial charge on any atom is -0.298 e. The molecule has 0 spiro atoms. The molecule has 84 valence electrons. The molecule has 0 aromatic carbocycles. The zero-order valence-corrected chi connectivity index (χ0v) is 9.16. The summed E-state index contributed by atoms with van der Waals surface area (Å²) in [6, 6.07) is 8.94. The van der Waals surface area contributed by atoms with Gasteiger partial charge in [-0.3, -0.25) is 14.8 Å². The van der Waals surface area contributed by atoms with Crippen LogP contribution in [0.4, 0.5) is 0 Å². The van der Waals surface area contributed by atoms with E-state index in [4.69, 9.17) is 10.5 Å². The minimum atomic E-state index is 0.0307. The van der Waals surface area contributed by atoms with Crippen LogP contribution >= 0.6 is 0 Å². The zero-order valence-electron chi connectivity index (χ0n) is 9.16. The van der Waals surface area contributed by atoms with Crippen molar-refractivity contribution in [2.75, 3.05) is 0 Å². The molecule has 2 aromatic rings. The molecule has 5 nitrogen and oxygen atoms in total. The Balaban J connectivity index is 2.76. The van der Waals surface area contributed by atoms with Crippen LogP contribution in [0.15, 0.2) is 30.6 Å². The molecule has 0 aliphatic heterocycles. The largest absolute Gasteiger partial charge is 0.298 e. The smallest absolute Gasteiger partial charge is 0.152 e. The molecule has 0 aliphatic carbocycles. The summed E-state index contributed by atoms with van der Waals surface area (Å²) in [4.78, 5) is 18.9. The fraction of sp³-hybridized carbons (Fsp3) is 0. The Bertz CT molecular complexity index is 681. The van der Waals surface area contributed by atoms with Gasteiger partial charge in [0.15, 0.2) is 6.29 Å². The van der Waals surface area contributed by atoms with Crippen molar-refractivity contribution in [2.24, 2.45) is 0 Å². The van der Waals surface area contributed by atoms with Gasteiger partial charge in [-0.1, -0.05) is 6.07 Å². The second-order valence-corrected chi connectivity index (χ2v) is 3.37. The van der Waals surface area contributed by atoms with Crippen molar-refractivity contribution < 1.29 is 4.79 Å². The van der Waals surface area contributed by atoms with Gasteiger partial charge in [-0.15, -0.1) is 0 Å². The zero-order chi connectivity index (χ0) is 13.0. The molecule has 0 unspecified atom stereocenters. The van der Waals surface area contributed by atoms with E-state index in [0.717, 1.165) is 0 Å². The first-order chi connectivity index (χ1) is 8.81. The number of aldehydes is 1. The standard InChI is InChI=1S/C13H6N4O/c14-5-10-9(8-18)7-17-13(11(10)6-15)12-3-1-2-4-16-12/h1-4,7-8H. The maximum Gasteiger partial charge on any atom is 0.152 e. The fourth-order valence-corrected chi connectivity index (χ4v) is 1.54. The molecule has 0 atom stereocenters. The van der Waals surface area contributed by atoms with Crippen LogP contribution in [-0.4, -0.2) is 16.3 Å². The van der Waals surface area contributed by atoms with Crippen molar-refractivity contribution in [2.45, 2.75) is 0 Å². The van der Waals surface area contributed by atoms with Crippen LogP contribution in [-0.2, 0) is 0 Å². The van der Waals surface area contributed by atoms with Crippen molar-refractivity contribution >= 4 is 6.29 Å². The van der Waals surface area contributed by atoms with Gasteiger partial charge in [0.2, 0.25) is 0 Å². The lowest BCUT2D eigenvalue weighted by atomic mass is 10.0. The molecule has 0 saturated heterocycles. The fourth-order valence-electron chi connectivity index (χ4n) is 1.54. The number of hydrogen-bond donors (Lipinski definition) is 0. The first-order valence-electron chi connectivity index (χ1n) is 5.01. The molecule has 5 heteroatoms. The molecule has 18 heavy (non-hydrogen) atoms. The maximum atomic E-state index is 10.8. The van der Waals surface area contributed by atoms with E-state index >= 15 is 0 Å². The number of hydrogen-bond acceptors (Lipinski definition) is 5. The Labute approximate surface area is 103 Å². The molecule has 0 bridgehead atoms. The van der Waals surface area contributed by atoms with E-state index < -0.39 is 0 Å². The van der Waals surface area contributed by atoms with Crippen molar-refractivity contribution in [3.63, 3.8) is 0 Å². The van der Waals surface area contributed by atoms with Crippen molar-refractivity contribution in [1.82, 2.24) is 9.97 Å². The van der Waals surface area contributed by atoms with Gasteiger partial charge in [-0.05, 0) is 12.1 Å². The van der Waals surface area contributed by atoms with Gasteiger partial charge in [0, 0.05) is 12.4 Å². The third-order valence-electron chi connectivity index (χ3n) is 2.37.